The molecule has 2 aromatic heterocycles. The monoisotopic (exact) mass is 428 g/mol. The molecule has 0 bridgehead atoms. The number of rotatable bonds is 3. The van der Waals surface area contributed by atoms with Crippen LogP contribution in [-0.4, -0.2) is 69.5 Å². The summed E-state index contributed by atoms with van der Waals surface area (Å²) in [5.74, 6) is 0.0538. The summed E-state index contributed by atoms with van der Waals surface area (Å²) in [5, 5.41) is 11.7. The third kappa shape index (κ3) is 3.68. The SMILES string of the molecule is Cl.O=C(Cc1c[nH]c2ccccc12)N1CCN(C(=O)c2n[nH]c3c2CNCC3)CC1. The summed E-state index contributed by atoms with van der Waals surface area (Å²) in [6.45, 7) is 3.76. The Labute approximate surface area is 180 Å². The van der Waals surface area contributed by atoms with Crippen molar-refractivity contribution in [1.29, 1.82) is 0 Å². The molecule has 8 nitrogen and oxygen atoms in total. The molecule has 0 unspecified atom stereocenters. The van der Waals surface area contributed by atoms with Gasteiger partial charge in [-0.25, -0.2) is 0 Å². The number of nitrogens with zero attached hydrogens (tertiary/aromatic N) is 3. The molecule has 2 aliphatic rings. The van der Waals surface area contributed by atoms with Crippen LogP contribution in [0.3, 0.4) is 0 Å². The molecule has 1 aromatic carbocycles. The molecular weight excluding hydrogens is 404 g/mol. The highest BCUT2D eigenvalue weighted by molar-refractivity contribution is 5.94. The Kier molecular flexibility index (Phi) is 5.78. The Bertz CT molecular complexity index is 1070. The topological polar surface area (TPSA) is 97.1 Å². The standard InChI is InChI=1S/C21H24N6O2.ClH/c28-19(11-14-12-23-17-4-2-1-3-15(14)17)26-7-9-27(10-8-26)21(29)20-16-13-22-6-5-18(16)24-25-20;/h1-4,12,22-23H,5-11,13H2,(H,24,25);1H. The largest absolute Gasteiger partial charge is 0.361 e. The maximum absolute atomic E-state index is 12.9. The Morgan fingerprint density at radius 1 is 1.07 bits per heavy atom. The number of para-hydroxylation sites is 1. The van der Waals surface area contributed by atoms with Crippen molar-refractivity contribution < 1.29 is 9.59 Å². The van der Waals surface area contributed by atoms with Crippen LogP contribution >= 0.6 is 12.4 Å². The number of amides is 2. The van der Waals surface area contributed by atoms with Gasteiger partial charge < -0.3 is 20.1 Å². The van der Waals surface area contributed by atoms with E-state index in [0.29, 0.717) is 44.8 Å². The second-order valence-corrected chi connectivity index (χ2v) is 7.67. The highest BCUT2D eigenvalue weighted by Crippen LogP contribution is 2.20. The molecule has 3 aromatic rings. The number of aromatic amines is 2. The lowest BCUT2D eigenvalue weighted by atomic mass is 10.1. The summed E-state index contributed by atoms with van der Waals surface area (Å²) in [4.78, 5) is 32.6. The van der Waals surface area contributed by atoms with Crippen molar-refractivity contribution >= 4 is 35.1 Å². The van der Waals surface area contributed by atoms with E-state index >= 15 is 0 Å². The molecule has 0 aliphatic carbocycles. The molecule has 0 atom stereocenters. The number of carbonyl (C=O) groups excluding carboxylic acids is 2. The van der Waals surface area contributed by atoms with Crippen molar-refractivity contribution in [1.82, 2.24) is 30.3 Å². The first-order valence-electron chi connectivity index (χ1n) is 10.1. The fourth-order valence-corrected chi connectivity index (χ4v) is 4.26. The van der Waals surface area contributed by atoms with E-state index in [4.69, 9.17) is 0 Å². The van der Waals surface area contributed by atoms with Gasteiger partial charge in [0, 0.05) is 74.0 Å². The molecule has 2 amide bonds. The lowest BCUT2D eigenvalue weighted by molar-refractivity contribution is -0.131. The van der Waals surface area contributed by atoms with Gasteiger partial charge in [0.25, 0.3) is 5.91 Å². The average Bonchev–Trinajstić information content (AvgIpc) is 3.38. The normalized spacial score (nSPS) is 16.3. The maximum Gasteiger partial charge on any atom is 0.274 e. The molecule has 0 radical (unpaired) electrons. The van der Waals surface area contributed by atoms with E-state index in [2.05, 4.69) is 20.5 Å². The third-order valence-corrected chi connectivity index (χ3v) is 5.95. The smallest absolute Gasteiger partial charge is 0.274 e. The maximum atomic E-state index is 12.9. The highest BCUT2D eigenvalue weighted by Gasteiger charge is 2.29. The van der Waals surface area contributed by atoms with Crippen molar-refractivity contribution in [3.8, 4) is 0 Å². The summed E-state index contributed by atoms with van der Waals surface area (Å²) >= 11 is 0. The zero-order valence-corrected chi connectivity index (χ0v) is 17.4. The number of piperazine rings is 1. The van der Waals surface area contributed by atoms with Gasteiger partial charge >= 0.3 is 0 Å². The second-order valence-electron chi connectivity index (χ2n) is 7.67. The van der Waals surface area contributed by atoms with E-state index in [1.165, 1.54) is 0 Å². The van der Waals surface area contributed by atoms with Gasteiger partial charge in [-0.3, -0.25) is 14.7 Å². The van der Waals surface area contributed by atoms with E-state index < -0.39 is 0 Å². The molecule has 1 fully saturated rings. The Morgan fingerprint density at radius 3 is 2.67 bits per heavy atom. The quantitative estimate of drug-likeness (QED) is 0.588. The molecule has 4 heterocycles. The molecule has 158 valence electrons. The van der Waals surface area contributed by atoms with Crippen LogP contribution in [0.5, 0.6) is 0 Å². The van der Waals surface area contributed by atoms with Crippen LogP contribution in [-0.2, 0) is 24.2 Å². The number of hydrogen-bond acceptors (Lipinski definition) is 4. The number of halogens is 1. The summed E-state index contributed by atoms with van der Waals surface area (Å²) in [7, 11) is 0. The number of fused-ring (bicyclic) bond motifs is 2. The van der Waals surface area contributed by atoms with Gasteiger partial charge in [-0.15, -0.1) is 12.4 Å². The van der Waals surface area contributed by atoms with Crippen LogP contribution in [0.15, 0.2) is 30.5 Å². The Hall–Kier alpha value is -2.84. The average molecular weight is 429 g/mol. The highest BCUT2D eigenvalue weighted by atomic mass is 35.5. The van der Waals surface area contributed by atoms with Gasteiger partial charge in [-0.05, 0) is 11.6 Å². The number of hydrogen-bond donors (Lipinski definition) is 3. The van der Waals surface area contributed by atoms with Crippen LogP contribution in [0.2, 0.25) is 0 Å². The Morgan fingerprint density at radius 2 is 1.83 bits per heavy atom. The number of benzene rings is 1. The minimum atomic E-state index is -0.0464. The van der Waals surface area contributed by atoms with Crippen LogP contribution in [0.1, 0.15) is 27.3 Å². The lowest BCUT2D eigenvalue weighted by Crippen LogP contribution is -2.51. The molecule has 0 saturated carbocycles. The van der Waals surface area contributed by atoms with Crippen LogP contribution < -0.4 is 5.32 Å². The number of nitrogens with one attached hydrogen (secondary N) is 3. The van der Waals surface area contributed by atoms with E-state index in [9.17, 15) is 9.59 Å². The van der Waals surface area contributed by atoms with Crippen molar-refractivity contribution in [3.63, 3.8) is 0 Å². The molecule has 9 heteroatoms. The van der Waals surface area contributed by atoms with Crippen LogP contribution in [0.4, 0.5) is 0 Å². The zero-order valence-electron chi connectivity index (χ0n) is 16.6. The first kappa shape index (κ1) is 20.4. The molecule has 3 N–H and O–H groups in total. The number of carbonyl (C=O) groups is 2. The number of aromatic nitrogens is 3. The van der Waals surface area contributed by atoms with Gasteiger partial charge in [0.05, 0.1) is 6.42 Å². The molecule has 1 saturated heterocycles. The van der Waals surface area contributed by atoms with Gasteiger partial charge in [0.2, 0.25) is 5.91 Å². The zero-order chi connectivity index (χ0) is 19.8. The number of H-pyrrole nitrogens is 2. The fraction of sp³-hybridized carbons (Fsp3) is 0.381. The van der Waals surface area contributed by atoms with Gasteiger partial charge in [0.15, 0.2) is 5.69 Å². The summed E-state index contributed by atoms with van der Waals surface area (Å²) in [6.07, 6.45) is 3.15. The predicted molar refractivity (Wildman–Crippen MR) is 116 cm³/mol. The van der Waals surface area contributed by atoms with Gasteiger partial charge in [-0.1, -0.05) is 18.2 Å². The molecule has 5 rings (SSSR count). The predicted octanol–water partition coefficient (Wildman–Crippen LogP) is 1.49. The second kappa shape index (κ2) is 8.49. The lowest BCUT2D eigenvalue weighted by Gasteiger charge is -2.34. The van der Waals surface area contributed by atoms with E-state index in [1.807, 2.05) is 35.4 Å². The van der Waals surface area contributed by atoms with Crippen molar-refractivity contribution in [2.45, 2.75) is 19.4 Å². The Balaban J connectivity index is 0.00000218. The van der Waals surface area contributed by atoms with E-state index in [1.54, 1.807) is 4.90 Å². The van der Waals surface area contributed by atoms with Crippen LogP contribution in [0, 0.1) is 0 Å². The van der Waals surface area contributed by atoms with Crippen molar-refractivity contribution in [3.05, 3.63) is 53.0 Å². The first-order chi connectivity index (χ1) is 14.2. The molecule has 30 heavy (non-hydrogen) atoms. The van der Waals surface area contributed by atoms with E-state index in [-0.39, 0.29) is 24.2 Å². The fourth-order valence-electron chi connectivity index (χ4n) is 4.26. The van der Waals surface area contributed by atoms with Gasteiger partial charge in [0.1, 0.15) is 0 Å². The molecule has 0 spiro atoms. The summed E-state index contributed by atoms with van der Waals surface area (Å²) in [6, 6.07) is 8.01. The first-order valence-corrected chi connectivity index (χ1v) is 10.1. The van der Waals surface area contributed by atoms with Crippen LogP contribution in [0.25, 0.3) is 10.9 Å². The molecular formula is C21H25ClN6O2. The van der Waals surface area contributed by atoms with E-state index in [0.717, 1.165) is 40.7 Å². The third-order valence-electron chi connectivity index (χ3n) is 5.95. The minimum absolute atomic E-state index is 0. The van der Waals surface area contributed by atoms with Crippen molar-refractivity contribution in [2.75, 3.05) is 32.7 Å². The summed E-state index contributed by atoms with van der Waals surface area (Å²) in [5.41, 5.74) is 4.62. The minimum Gasteiger partial charge on any atom is -0.361 e. The molecule has 2 aliphatic heterocycles. The van der Waals surface area contributed by atoms with Gasteiger partial charge in [-0.2, -0.15) is 5.10 Å². The van der Waals surface area contributed by atoms with Crippen molar-refractivity contribution in [2.24, 2.45) is 0 Å². The summed E-state index contributed by atoms with van der Waals surface area (Å²) < 4.78 is 0.